The molecule has 12 nitrogen and oxygen atoms in total. The van der Waals surface area contributed by atoms with Crippen LogP contribution >= 0.6 is 0 Å². The van der Waals surface area contributed by atoms with E-state index in [1.165, 1.54) is 33.5 Å². The fourth-order valence-electron chi connectivity index (χ4n) is 4.02. The number of methoxy groups -OCH3 is 1. The lowest BCUT2D eigenvalue weighted by Gasteiger charge is -2.25. The first-order chi connectivity index (χ1) is 18.8. The number of aromatic nitrogens is 3. The molecule has 0 aliphatic carbocycles. The molecule has 1 aromatic carbocycles. The lowest BCUT2D eigenvalue weighted by Crippen LogP contribution is -2.45. The second-order valence-corrected chi connectivity index (χ2v) is 9.53. The van der Waals surface area contributed by atoms with E-state index in [0.29, 0.717) is 11.4 Å². The molecule has 0 spiro atoms. The third kappa shape index (κ3) is 6.13. The number of amides is 1. The van der Waals surface area contributed by atoms with Gasteiger partial charge in [-0.15, -0.1) is 0 Å². The molecule has 3 aromatic rings. The van der Waals surface area contributed by atoms with Crippen LogP contribution in [0.2, 0.25) is 0 Å². The maximum atomic E-state index is 13.5. The number of benzene rings is 1. The molecule has 0 fully saturated rings. The highest BCUT2D eigenvalue weighted by Gasteiger charge is 2.43. The minimum atomic E-state index is -4.59. The second kappa shape index (κ2) is 11.1. The van der Waals surface area contributed by atoms with Crippen LogP contribution in [0.25, 0.3) is 11.1 Å². The lowest BCUT2D eigenvalue weighted by atomic mass is 10.1. The van der Waals surface area contributed by atoms with Crippen LogP contribution in [-0.2, 0) is 18.3 Å². The molecule has 0 radical (unpaired) electrons. The number of anilines is 3. The average molecular weight is 580 g/mol. The van der Waals surface area contributed by atoms with Crippen LogP contribution in [-0.4, -0.2) is 48.5 Å². The number of rotatable bonds is 7. The maximum absolute atomic E-state index is 13.5. The Labute approximate surface area is 228 Å². The molecule has 40 heavy (non-hydrogen) atoms. The van der Waals surface area contributed by atoms with Gasteiger partial charge in [0.05, 0.1) is 7.11 Å². The molecule has 2 aromatic heterocycles. The first-order valence-electron chi connectivity index (χ1n) is 11.5. The Balaban J connectivity index is 1.85. The number of hydrogen-bond donors (Lipinski definition) is 4. The van der Waals surface area contributed by atoms with Crippen molar-refractivity contribution >= 4 is 34.6 Å². The Morgan fingerprint density at radius 3 is 2.58 bits per heavy atom. The molecule has 2 atom stereocenters. The van der Waals surface area contributed by atoms with Gasteiger partial charge in [-0.2, -0.15) is 18.2 Å². The van der Waals surface area contributed by atoms with E-state index in [1.54, 1.807) is 22.9 Å². The molecule has 4 rings (SSSR count). The minimum absolute atomic E-state index is 0.0200. The smallest absolute Gasteiger partial charge is 0.409 e. The number of aryl methyl sites for hydroxylation is 2. The van der Waals surface area contributed by atoms with Gasteiger partial charge in [0.25, 0.3) is 22.7 Å². The Morgan fingerprint density at radius 2 is 1.95 bits per heavy atom. The number of ether oxygens (including phenoxy) is 1. The second-order valence-electron chi connectivity index (χ2n) is 8.83. The van der Waals surface area contributed by atoms with E-state index in [-0.39, 0.29) is 28.6 Å². The summed E-state index contributed by atoms with van der Waals surface area (Å²) in [7, 11) is 2.85. The summed E-state index contributed by atoms with van der Waals surface area (Å²) < 4.78 is 68.8. The summed E-state index contributed by atoms with van der Waals surface area (Å²) in [4.78, 5) is 33.8. The predicted molar refractivity (Wildman–Crippen MR) is 141 cm³/mol. The number of carbonyl (C=O) groups excluding carboxylic acids is 1. The van der Waals surface area contributed by atoms with Gasteiger partial charge in [0, 0.05) is 48.0 Å². The normalized spacial score (nSPS) is 15.9. The summed E-state index contributed by atoms with van der Waals surface area (Å²) in [6.45, 7) is 3.31. The van der Waals surface area contributed by atoms with Crippen molar-refractivity contribution in [2.24, 2.45) is 7.05 Å². The summed E-state index contributed by atoms with van der Waals surface area (Å²) in [5.74, 6) is -0.541. The lowest BCUT2D eigenvalue weighted by molar-refractivity contribution is -0.142. The van der Waals surface area contributed by atoms with Crippen molar-refractivity contribution in [1.29, 1.82) is 0 Å². The summed E-state index contributed by atoms with van der Waals surface area (Å²) in [5.41, 5.74) is 3.07. The highest BCUT2D eigenvalue weighted by molar-refractivity contribution is 7.77. The van der Waals surface area contributed by atoms with Crippen molar-refractivity contribution in [2.75, 3.05) is 17.4 Å². The Hall–Kier alpha value is -4.28. The van der Waals surface area contributed by atoms with Crippen molar-refractivity contribution in [2.45, 2.75) is 26.1 Å². The third-order valence-electron chi connectivity index (χ3n) is 5.82. The van der Waals surface area contributed by atoms with Crippen LogP contribution in [0.4, 0.5) is 30.6 Å². The topological polar surface area (TPSA) is 151 Å². The number of hydrogen-bond acceptors (Lipinski definition) is 9. The van der Waals surface area contributed by atoms with Crippen LogP contribution in [0.3, 0.4) is 0 Å². The maximum Gasteiger partial charge on any atom is 0.409 e. The number of alkyl halides is 3. The van der Waals surface area contributed by atoms with Crippen LogP contribution < -0.4 is 30.8 Å². The van der Waals surface area contributed by atoms with E-state index in [0.717, 1.165) is 27.3 Å². The molecular weight excluding hydrogens is 555 g/mol. The molecule has 3 heterocycles. The average Bonchev–Trinajstić information content (AvgIpc) is 3.26. The number of pyridine rings is 1. The molecule has 212 valence electrons. The fraction of sp³-hybridized carbons (Fsp3) is 0.250. The highest BCUT2D eigenvalue weighted by Crippen LogP contribution is 2.35. The summed E-state index contributed by atoms with van der Waals surface area (Å²) in [6, 6.07) is 4.43. The predicted octanol–water partition coefficient (Wildman–Crippen LogP) is 2.93. The molecule has 2 unspecified atom stereocenters. The Morgan fingerprint density at radius 1 is 1.23 bits per heavy atom. The van der Waals surface area contributed by atoms with E-state index in [1.807, 2.05) is 6.92 Å². The van der Waals surface area contributed by atoms with Crippen LogP contribution in [0.1, 0.15) is 22.8 Å². The van der Waals surface area contributed by atoms with E-state index >= 15 is 0 Å². The monoisotopic (exact) mass is 579 g/mol. The molecule has 0 saturated heterocycles. The number of halogens is 3. The molecular formula is C24H24F3N7O5S. The van der Waals surface area contributed by atoms with Crippen LogP contribution in [0.5, 0.6) is 5.75 Å². The van der Waals surface area contributed by atoms with Crippen molar-refractivity contribution in [3.8, 4) is 16.9 Å². The summed E-state index contributed by atoms with van der Waals surface area (Å²) >= 11 is -2.73. The van der Waals surface area contributed by atoms with Gasteiger partial charge >= 0.3 is 6.18 Å². The zero-order valence-corrected chi connectivity index (χ0v) is 22.3. The van der Waals surface area contributed by atoms with Gasteiger partial charge in [-0.05, 0) is 43.7 Å². The molecule has 0 bridgehead atoms. The van der Waals surface area contributed by atoms with Crippen molar-refractivity contribution in [1.82, 2.24) is 24.7 Å². The molecule has 4 N–H and O–H groups in total. The molecule has 1 aliphatic heterocycles. The van der Waals surface area contributed by atoms with Gasteiger partial charge < -0.3 is 14.6 Å². The molecule has 0 saturated carbocycles. The first kappa shape index (κ1) is 28.7. The van der Waals surface area contributed by atoms with Gasteiger partial charge in [0.2, 0.25) is 5.95 Å². The van der Waals surface area contributed by atoms with E-state index in [2.05, 4.69) is 20.7 Å². The molecule has 1 amide bonds. The van der Waals surface area contributed by atoms with Crippen LogP contribution in [0.15, 0.2) is 53.2 Å². The number of nitrogens with one attached hydrogen (secondary N) is 3. The highest BCUT2D eigenvalue weighted by atomic mass is 32.2. The Kier molecular flexibility index (Phi) is 7.95. The quantitative estimate of drug-likeness (QED) is 0.308. The zero-order valence-electron chi connectivity index (χ0n) is 21.5. The van der Waals surface area contributed by atoms with Gasteiger partial charge in [-0.25, -0.2) is 19.3 Å². The van der Waals surface area contributed by atoms with Crippen molar-refractivity contribution in [3.63, 3.8) is 0 Å². The van der Waals surface area contributed by atoms with E-state index in [9.17, 15) is 27.0 Å². The SMILES string of the molecule is COc1cc(C)cc(Nc2ncc(-c3cc(C(=O)NS(=O)O)c(=O)n(C)c3)c(N3NC(C(F)(F)F)C=C3C)n2)c1. The van der Waals surface area contributed by atoms with E-state index < -0.39 is 40.5 Å². The number of nitrogens with zero attached hydrogens (tertiary/aromatic N) is 4. The molecule has 1 aliphatic rings. The fourth-order valence-corrected chi connectivity index (χ4v) is 4.29. The first-order valence-corrected chi connectivity index (χ1v) is 12.6. The summed E-state index contributed by atoms with van der Waals surface area (Å²) in [6.07, 6.45) is -0.948. The number of hydrazine groups is 1. The number of carbonyl (C=O) groups is 1. The van der Waals surface area contributed by atoms with E-state index in [4.69, 9.17) is 9.29 Å². The van der Waals surface area contributed by atoms with Crippen molar-refractivity contribution < 1.29 is 31.5 Å². The third-order valence-corrected chi connectivity index (χ3v) is 6.18. The van der Waals surface area contributed by atoms with Crippen LogP contribution in [0, 0.1) is 6.92 Å². The minimum Gasteiger partial charge on any atom is -0.497 e. The largest absolute Gasteiger partial charge is 0.497 e. The van der Waals surface area contributed by atoms with Crippen molar-refractivity contribution in [3.05, 3.63) is 69.9 Å². The summed E-state index contributed by atoms with van der Waals surface area (Å²) in [5, 5.41) is 4.14. The van der Waals surface area contributed by atoms with Gasteiger partial charge in [0.1, 0.15) is 17.4 Å². The zero-order chi connectivity index (χ0) is 29.4. The van der Waals surface area contributed by atoms with Gasteiger partial charge in [-0.1, -0.05) is 0 Å². The van der Waals surface area contributed by atoms with Gasteiger partial charge in [-0.3, -0.25) is 19.2 Å². The number of allylic oxidation sites excluding steroid dienone is 1. The van der Waals surface area contributed by atoms with Gasteiger partial charge in [0.15, 0.2) is 5.82 Å². The standard InChI is InChI=1S/C24H24F3N7O5S/c1-12-5-15(9-16(6-12)39-4)29-23-28-10-18(20(30-23)34-13(2)7-19(31-34)24(25,26)27)14-8-17(21(35)32-40(37)38)22(36)33(3)11-14/h5-11,19,31H,1-4H3,(H,32,35)(H,37,38)(H,28,29,30). The Bertz CT molecular complexity index is 1590. The molecule has 16 heteroatoms.